The summed E-state index contributed by atoms with van der Waals surface area (Å²) < 4.78 is 0. The molecule has 0 saturated heterocycles. The van der Waals surface area contributed by atoms with Gasteiger partial charge in [-0.3, -0.25) is 4.79 Å². The van der Waals surface area contributed by atoms with Gasteiger partial charge in [0.05, 0.1) is 10.6 Å². The highest BCUT2D eigenvalue weighted by molar-refractivity contribution is 7.99. The summed E-state index contributed by atoms with van der Waals surface area (Å²) >= 11 is 2.98. The molecule has 0 aromatic carbocycles. The van der Waals surface area contributed by atoms with E-state index in [4.69, 9.17) is 5.73 Å². The molecule has 1 amide bonds. The van der Waals surface area contributed by atoms with Crippen LogP contribution in [-0.2, 0) is 0 Å². The average Bonchev–Trinajstić information content (AvgIpc) is 2.54. The lowest BCUT2D eigenvalue weighted by Crippen LogP contribution is -2.22. The van der Waals surface area contributed by atoms with Gasteiger partial charge in [-0.25, -0.2) is 0 Å². The normalized spacial score (nSPS) is 10.6. The van der Waals surface area contributed by atoms with E-state index in [9.17, 15) is 4.79 Å². The molecule has 6 heteroatoms. The zero-order valence-electron chi connectivity index (χ0n) is 10.6. The van der Waals surface area contributed by atoms with E-state index < -0.39 is 0 Å². The zero-order chi connectivity index (χ0) is 13.0. The molecule has 4 nitrogen and oxygen atoms in total. The largest absolute Gasteiger partial charge is 0.396 e. The number of hydrogen-bond acceptors (Lipinski definition) is 5. The fourth-order valence-corrected chi connectivity index (χ4v) is 3.48. The fraction of sp³-hybridized carbons (Fsp3) is 0.545. The van der Waals surface area contributed by atoms with Crippen molar-refractivity contribution >= 4 is 39.7 Å². The van der Waals surface area contributed by atoms with Crippen molar-refractivity contribution in [3.8, 4) is 0 Å². The standard InChI is InChI=1S/C11H19N3OS2/c1-5-13-10(15)8-7(12)9(16-4)11(17-8)14-6(2)3/h6,14H,5,12H2,1-4H3,(H,13,15). The molecule has 4 N–H and O–H groups in total. The van der Waals surface area contributed by atoms with Crippen LogP contribution in [0.15, 0.2) is 4.90 Å². The Morgan fingerprint density at radius 1 is 1.53 bits per heavy atom. The predicted molar refractivity (Wildman–Crippen MR) is 77.3 cm³/mol. The summed E-state index contributed by atoms with van der Waals surface area (Å²) in [7, 11) is 0. The Labute approximate surface area is 110 Å². The number of anilines is 2. The molecule has 1 aromatic rings. The Balaban J connectivity index is 3.08. The molecule has 0 radical (unpaired) electrons. The van der Waals surface area contributed by atoms with E-state index in [1.54, 1.807) is 11.8 Å². The van der Waals surface area contributed by atoms with Crippen molar-refractivity contribution in [1.82, 2.24) is 5.32 Å². The zero-order valence-corrected chi connectivity index (χ0v) is 12.2. The van der Waals surface area contributed by atoms with E-state index in [1.165, 1.54) is 11.3 Å². The highest BCUT2D eigenvalue weighted by Crippen LogP contribution is 2.41. The number of carbonyl (C=O) groups is 1. The van der Waals surface area contributed by atoms with Gasteiger partial charge in [0, 0.05) is 12.6 Å². The topological polar surface area (TPSA) is 67.2 Å². The SMILES string of the molecule is CCNC(=O)c1sc(NC(C)C)c(SC)c1N. The lowest BCUT2D eigenvalue weighted by Gasteiger charge is -2.08. The molecule has 1 aromatic heterocycles. The summed E-state index contributed by atoms with van der Waals surface area (Å²) in [6, 6.07) is 0.320. The third-order valence-corrected chi connectivity index (χ3v) is 4.16. The number of carbonyl (C=O) groups excluding carboxylic acids is 1. The molecule has 0 aliphatic rings. The van der Waals surface area contributed by atoms with Crippen LogP contribution in [0.1, 0.15) is 30.4 Å². The van der Waals surface area contributed by atoms with Crippen molar-refractivity contribution in [2.24, 2.45) is 0 Å². The van der Waals surface area contributed by atoms with Crippen LogP contribution in [-0.4, -0.2) is 24.7 Å². The molecule has 1 heterocycles. The molecule has 0 atom stereocenters. The Kier molecular flexibility index (Phi) is 5.14. The van der Waals surface area contributed by atoms with Crippen molar-refractivity contribution < 1.29 is 4.79 Å². The van der Waals surface area contributed by atoms with E-state index in [1.807, 2.05) is 13.2 Å². The smallest absolute Gasteiger partial charge is 0.263 e. The summed E-state index contributed by atoms with van der Waals surface area (Å²) in [5.41, 5.74) is 6.59. The van der Waals surface area contributed by atoms with Crippen molar-refractivity contribution in [3.63, 3.8) is 0 Å². The number of rotatable bonds is 5. The first-order valence-electron chi connectivity index (χ1n) is 5.52. The van der Waals surface area contributed by atoms with Crippen molar-refractivity contribution in [2.75, 3.05) is 23.9 Å². The van der Waals surface area contributed by atoms with E-state index >= 15 is 0 Å². The molecule has 0 bridgehead atoms. The molecule has 0 unspecified atom stereocenters. The molecule has 17 heavy (non-hydrogen) atoms. The quantitative estimate of drug-likeness (QED) is 0.721. The Hall–Kier alpha value is -0.880. The second-order valence-corrected chi connectivity index (χ2v) is 5.70. The van der Waals surface area contributed by atoms with Gasteiger partial charge < -0.3 is 16.4 Å². The van der Waals surface area contributed by atoms with Gasteiger partial charge in [0.25, 0.3) is 5.91 Å². The first kappa shape index (κ1) is 14.2. The van der Waals surface area contributed by atoms with Gasteiger partial charge in [0.1, 0.15) is 9.88 Å². The molecule has 0 fully saturated rings. The minimum Gasteiger partial charge on any atom is -0.396 e. The summed E-state index contributed by atoms with van der Waals surface area (Å²) in [5.74, 6) is -0.0953. The minimum atomic E-state index is -0.0953. The number of thioether (sulfide) groups is 1. The molecule has 0 saturated carbocycles. The van der Waals surface area contributed by atoms with E-state index in [0.717, 1.165) is 9.90 Å². The third kappa shape index (κ3) is 3.29. The number of nitrogen functional groups attached to an aromatic ring is 1. The predicted octanol–water partition coefficient (Wildman–Crippen LogP) is 2.62. The number of nitrogens with one attached hydrogen (secondary N) is 2. The van der Waals surface area contributed by atoms with Gasteiger partial charge in [-0.1, -0.05) is 0 Å². The number of hydrogen-bond donors (Lipinski definition) is 3. The van der Waals surface area contributed by atoms with Gasteiger partial charge in [-0.15, -0.1) is 23.1 Å². The third-order valence-electron chi connectivity index (χ3n) is 2.07. The van der Waals surface area contributed by atoms with E-state index in [0.29, 0.717) is 23.2 Å². The summed E-state index contributed by atoms with van der Waals surface area (Å²) in [5, 5.41) is 7.07. The highest BCUT2D eigenvalue weighted by atomic mass is 32.2. The van der Waals surface area contributed by atoms with Crippen LogP contribution in [0.2, 0.25) is 0 Å². The Bertz CT molecular complexity index is 402. The highest BCUT2D eigenvalue weighted by Gasteiger charge is 2.20. The van der Waals surface area contributed by atoms with Gasteiger partial charge in [0.2, 0.25) is 0 Å². The van der Waals surface area contributed by atoms with E-state index in [2.05, 4.69) is 24.5 Å². The first-order chi connectivity index (χ1) is 8.01. The minimum absolute atomic E-state index is 0.0953. The van der Waals surface area contributed by atoms with Gasteiger partial charge >= 0.3 is 0 Å². The van der Waals surface area contributed by atoms with Crippen molar-refractivity contribution in [3.05, 3.63) is 4.88 Å². The Morgan fingerprint density at radius 2 is 2.18 bits per heavy atom. The molecule has 0 aliphatic carbocycles. The van der Waals surface area contributed by atoms with Gasteiger partial charge in [0.15, 0.2) is 0 Å². The van der Waals surface area contributed by atoms with Crippen LogP contribution in [0.4, 0.5) is 10.7 Å². The fourth-order valence-electron chi connectivity index (χ4n) is 1.40. The van der Waals surface area contributed by atoms with Crippen LogP contribution in [0.3, 0.4) is 0 Å². The van der Waals surface area contributed by atoms with Crippen LogP contribution in [0, 0.1) is 0 Å². The molecule has 0 spiro atoms. The average molecular weight is 273 g/mol. The number of thiophene rings is 1. The maximum atomic E-state index is 11.8. The maximum Gasteiger partial charge on any atom is 0.263 e. The van der Waals surface area contributed by atoms with Crippen molar-refractivity contribution in [1.29, 1.82) is 0 Å². The first-order valence-corrected chi connectivity index (χ1v) is 7.56. The monoisotopic (exact) mass is 273 g/mol. The summed E-state index contributed by atoms with van der Waals surface area (Å²) in [6.07, 6.45) is 1.96. The lowest BCUT2D eigenvalue weighted by atomic mass is 10.3. The Morgan fingerprint density at radius 3 is 2.65 bits per heavy atom. The molecular formula is C11H19N3OS2. The lowest BCUT2D eigenvalue weighted by molar-refractivity contribution is 0.0960. The number of nitrogens with two attached hydrogens (primary N) is 1. The number of amides is 1. The molecule has 96 valence electrons. The van der Waals surface area contributed by atoms with Crippen LogP contribution < -0.4 is 16.4 Å². The second kappa shape index (κ2) is 6.16. The van der Waals surface area contributed by atoms with Crippen LogP contribution in [0.25, 0.3) is 0 Å². The molecular weight excluding hydrogens is 254 g/mol. The van der Waals surface area contributed by atoms with Gasteiger partial charge in [-0.05, 0) is 27.0 Å². The van der Waals surface area contributed by atoms with Crippen LogP contribution in [0.5, 0.6) is 0 Å². The second-order valence-electron chi connectivity index (χ2n) is 3.87. The summed E-state index contributed by atoms with van der Waals surface area (Å²) in [4.78, 5) is 13.4. The van der Waals surface area contributed by atoms with E-state index in [-0.39, 0.29) is 5.91 Å². The maximum absolute atomic E-state index is 11.8. The molecule has 1 rings (SSSR count). The van der Waals surface area contributed by atoms with Crippen molar-refractivity contribution in [2.45, 2.75) is 31.7 Å². The van der Waals surface area contributed by atoms with Crippen LogP contribution >= 0.6 is 23.1 Å². The summed E-state index contributed by atoms with van der Waals surface area (Å²) in [6.45, 7) is 6.62. The van der Waals surface area contributed by atoms with Gasteiger partial charge in [-0.2, -0.15) is 0 Å². The molecule has 0 aliphatic heterocycles.